The third kappa shape index (κ3) is 4.28. The molecule has 0 aromatic carbocycles. The van der Waals surface area contributed by atoms with Gasteiger partial charge in [-0.3, -0.25) is 0 Å². The van der Waals surface area contributed by atoms with Gasteiger partial charge in [-0.2, -0.15) is 0 Å². The van der Waals surface area contributed by atoms with Crippen molar-refractivity contribution in [2.24, 2.45) is 11.7 Å². The van der Waals surface area contributed by atoms with Crippen molar-refractivity contribution in [1.82, 2.24) is 9.55 Å². The van der Waals surface area contributed by atoms with Gasteiger partial charge in [0.25, 0.3) is 0 Å². The Morgan fingerprint density at radius 2 is 2.31 bits per heavy atom. The number of imidazole rings is 1. The van der Waals surface area contributed by atoms with Crippen LogP contribution in [0.1, 0.15) is 26.1 Å². The highest BCUT2D eigenvalue weighted by Crippen LogP contribution is 2.00. The Morgan fingerprint density at radius 3 is 2.94 bits per heavy atom. The molecular weight excluding hydrogens is 222 g/mol. The summed E-state index contributed by atoms with van der Waals surface area (Å²) in [5, 5.41) is 0. The fraction of sp³-hybridized carbons (Fsp3) is 0.636. The third-order valence-corrected chi connectivity index (χ3v) is 2.43. The van der Waals surface area contributed by atoms with Crippen LogP contribution in [0.15, 0.2) is 12.4 Å². The number of nitrogens with zero attached hydrogens (tertiary/aromatic N) is 2. The molecule has 16 heavy (non-hydrogen) atoms. The monoisotopic (exact) mass is 241 g/mol. The van der Waals surface area contributed by atoms with Gasteiger partial charge in [0.1, 0.15) is 4.99 Å². The summed E-state index contributed by atoms with van der Waals surface area (Å²) in [5.74, 6) is 1.34. The van der Waals surface area contributed by atoms with Crippen LogP contribution in [0.25, 0.3) is 0 Å². The van der Waals surface area contributed by atoms with Gasteiger partial charge in [0.2, 0.25) is 0 Å². The largest absolute Gasteiger partial charge is 0.387 e. The number of ether oxygens (including phenoxy) is 1. The van der Waals surface area contributed by atoms with E-state index < -0.39 is 0 Å². The highest BCUT2D eigenvalue weighted by molar-refractivity contribution is 7.80. The molecule has 1 heterocycles. The van der Waals surface area contributed by atoms with E-state index >= 15 is 0 Å². The molecule has 0 bridgehead atoms. The Morgan fingerprint density at radius 1 is 1.56 bits per heavy atom. The predicted molar refractivity (Wildman–Crippen MR) is 68.4 cm³/mol. The first-order valence-corrected chi connectivity index (χ1v) is 5.90. The third-order valence-electron chi connectivity index (χ3n) is 2.25. The number of nitrogens with two attached hydrogens (primary N) is 1. The number of hydrogen-bond acceptors (Lipinski definition) is 3. The van der Waals surface area contributed by atoms with Gasteiger partial charge in [-0.15, -0.1) is 0 Å². The molecule has 4 nitrogen and oxygen atoms in total. The van der Waals surface area contributed by atoms with Crippen LogP contribution in [-0.2, 0) is 11.3 Å². The molecular formula is C11H19N3OS. The molecule has 0 radical (unpaired) electrons. The minimum Gasteiger partial charge on any atom is -0.387 e. The summed E-state index contributed by atoms with van der Waals surface area (Å²) < 4.78 is 7.43. The Kier molecular flexibility index (Phi) is 5.42. The van der Waals surface area contributed by atoms with Gasteiger partial charge in [0, 0.05) is 25.5 Å². The number of rotatable bonds is 7. The summed E-state index contributed by atoms with van der Waals surface area (Å²) in [7, 11) is 0. The molecule has 0 aliphatic carbocycles. The highest BCUT2D eigenvalue weighted by Gasteiger charge is 2.04. The topological polar surface area (TPSA) is 53.1 Å². The summed E-state index contributed by atoms with van der Waals surface area (Å²) in [4.78, 5) is 4.41. The molecule has 0 unspecified atom stereocenters. The van der Waals surface area contributed by atoms with Crippen molar-refractivity contribution in [3.05, 3.63) is 18.2 Å². The summed E-state index contributed by atoms with van der Waals surface area (Å²) in [6.45, 7) is 6.58. The van der Waals surface area contributed by atoms with E-state index in [0.29, 0.717) is 23.3 Å². The second kappa shape index (κ2) is 6.60. The van der Waals surface area contributed by atoms with Crippen LogP contribution in [0.3, 0.4) is 0 Å². The molecule has 0 amide bonds. The van der Waals surface area contributed by atoms with Crippen molar-refractivity contribution in [1.29, 1.82) is 0 Å². The van der Waals surface area contributed by atoms with E-state index in [9.17, 15) is 0 Å². The first kappa shape index (κ1) is 13.1. The van der Waals surface area contributed by atoms with Crippen molar-refractivity contribution < 1.29 is 4.74 Å². The minimum absolute atomic E-state index is 0.326. The smallest absolute Gasteiger partial charge is 0.167 e. The quantitative estimate of drug-likeness (QED) is 0.581. The lowest BCUT2D eigenvalue weighted by Crippen LogP contribution is -2.18. The summed E-state index contributed by atoms with van der Waals surface area (Å²) in [5.41, 5.74) is 5.54. The Labute approximate surface area is 102 Å². The van der Waals surface area contributed by atoms with Crippen molar-refractivity contribution >= 4 is 17.2 Å². The molecule has 90 valence electrons. The summed E-state index contributed by atoms with van der Waals surface area (Å²) in [6.07, 6.45) is 4.65. The number of thiocarbonyl (C=S) groups is 1. The average Bonchev–Trinajstić information content (AvgIpc) is 2.65. The number of aromatic nitrogens is 2. The second-order valence-electron chi connectivity index (χ2n) is 4.10. The summed E-state index contributed by atoms with van der Waals surface area (Å²) in [6, 6.07) is 0. The zero-order valence-electron chi connectivity index (χ0n) is 9.85. The van der Waals surface area contributed by atoms with Crippen LogP contribution in [0.4, 0.5) is 0 Å². The molecule has 1 aromatic heterocycles. The van der Waals surface area contributed by atoms with Crippen molar-refractivity contribution in [3.8, 4) is 0 Å². The van der Waals surface area contributed by atoms with Gasteiger partial charge in [0.15, 0.2) is 5.82 Å². The van der Waals surface area contributed by atoms with Crippen LogP contribution in [0.5, 0.6) is 0 Å². The lowest BCUT2D eigenvalue weighted by Gasteiger charge is -2.08. The van der Waals surface area contributed by atoms with E-state index in [1.807, 2.05) is 10.8 Å². The normalized spacial score (nSPS) is 10.9. The molecule has 0 aliphatic heterocycles. The fourth-order valence-corrected chi connectivity index (χ4v) is 1.47. The maximum atomic E-state index is 5.54. The van der Waals surface area contributed by atoms with Gasteiger partial charge in [-0.25, -0.2) is 4.98 Å². The maximum Gasteiger partial charge on any atom is 0.167 e. The van der Waals surface area contributed by atoms with Gasteiger partial charge < -0.3 is 15.0 Å². The number of hydrogen-bond donors (Lipinski definition) is 1. The first-order chi connectivity index (χ1) is 7.61. The molecule has 0 atom stereocenters. The van der Waals surface area contributed by atoms with Crippen LogP contribution < -0.4 is 5.73 Å². The molecule has 2 N–H and O–H groups in total. The van der Waals surface area contributed by atoms with E-state index in [-0.39, 0.29) is 0 Å². The SMILES string of the molecule is CC(C)CCOCCn1ccnc1C(N)=S. The lowest BCUT2D eigenvalue weighted by atomic mass is 10.1. The molecule has 0 saturated carbocycles. The summed E-state index contributed by atoms with van der Waals surface area (Å²) >= 11 is 4.89. The van der Waals surface area contributed by atoms with Gasteiger partial charge >= 0.3 is 0 Å². The lowest BCUT2D eigenvalue weighted by molar-refractivity contribution is 0.116. The molecule has 1 rings (SSSR count). The first-order valence-electron chi connectivity index (χ1n) is 5.50. The average molecular weight is 241 g/mol. The molecule has 0 saturated heterocycles. The zero-order valence-corrected chi connectivity index (χ0v) is 10.7. The fourth-order valence-electron chi connectivity index (χ4n) is 1.30. The van der Waals surface area contributed by atoms with Crippen molar-refractivity contribution in [2.45, 2.75) is 26.8 Å². The van der Waals surface area contributed by atoms with Crippen LogP contribution >= 0.6 is 12.2 Å². The maximum absolute atomic E-state index is 5.54. The van der Waals surface area contributed by atoms with E-state index in [0.717, 1.165) is 19.6 Å². The predicted octanol–water partition coefficient (Wildman–Crippen LogP) is 1.58. The molecule has 0 aliphatic rings. The van der Waals surface area contributed by atoms with E-state index in [1.165, 1.54) is 0 Å². The van der Waals surface area contributed by atoms with Gasteiger partial charge in [-0.05, 0) is 12.3 Å². The van der Waals surface area contributed by atoms with Crippen molar-refractivity contribution in [3.63, 3.8) is 0 Å². The van der Waals surface area contributed by atoms with Crippen LogP contribution in [-0.4, -0.2) is 27.8 Å². The zero-order chi connectivity index (χ0) is 12.0. The Balaban J connectivity index is 2.27. The van der Waals surface area contributed by atoms with E-state index in [2.05, 4.69) is 18.8 Å². The second-order valence-corrected chi connectivity index (χ2v) is 4.54. The molecule has 1 aromatic rings. The van der Waals surface area contributed by atoms with Crippen molar-refractivity contribution in [2.75, 3.05) is 13.2 Å². The van der Waals surface area contributed by atoms with E-state index in [1.54, 1.807) is 6.20 Å². The van der Waals surface area contributed by atoms with Gasteiger partial charge in [0.05, 0.1) is 6.61 Å². The van der Waals surface area contributed by atoms with Crippen LogP contribution in [0.2, 0.25) is 0 Å². The van der Waals surface area contributed by atoms with E-state index in [4.69, 9.17) is 22.7 Å². The molecule has 0 fully saturated rings. The minimum atomic E-state index is 0.326. The molecule has 5 heteroatoms. The standard InChI is InChI=1S/C11H19N3OS/c1-9(2)3-7-15-8-6-14-5-4-13-11(14)10(12)16/h4-5,9H,3,6-8H2,1-2H3,(H2,12,16). The molecule has 0 spiro atoms. The van der Waals surface area contributed by atoms with Gasteiger partial charge in [-0.1, -0.05) is 26.1 Å². The Hall–Kier alpha value is -0.940. The highest BCUT2D eigenvalue weighted by atomic mass is 32.1. The Bertz CT molecular complexity index is 336. The van der Waals surface area contributed by atoms with Crippen LogP contribution in [0, 0.1) is 5.92 Å².